The molecule has 1 aliphatic rings. The van der Waals surface area contributed by atoms with Crippen molar-refractivity contribution in [2.75, 3.05) is 31.1 Å². The van der Waals surface area contributed by atoms with E-state index in [1.807, 2.05) is 12.1 Å². The molecule has 0 bridgehead atoms. The van der Waals surface area contributed by atoms with Gasteiger partial charge in [-0.25, -0.2) is 18.3 Å². The fourth-order valence-electron chi connectivity index (χ4n) is 3.95. The Morgan fingerprint density at radius 2 is 1.93 bits per heavy atom. The molecule has 0 amide bonds. The smallest absolute Gasteiger partial charge is 0.153 e. The van der Waals surface area contributed by atoms with E-state index in [0.29, 0.717) is 22.2 Å². The number of anilines is 1. The van der Waals surface area contributed by atoms with Crippen LogP contribution >= 0.6 is 0 Å². The maximum absolute atomic E-state index is 15.2. The van der Waals surface area contributed by atoms with E-state index in [1.165, 1.54) is 12.3 Å². The standard InChI is InChI=1S/C21H20F2N6/c1-13(20-15(22)11-16-14(21(20)23)3-2-6-25-16)17-12-26-18-4-5-19(27-29(17)18)28-9-7-24-8-10-28/h2-6,11-13,24H,7-10H2,1H3/t13-/m1/s1. The number of nitrogens with zero attached hydrogens (tertiary/aromatic N) is 5. The first kappa shape index (κ1) is 17.9. The highest BCUT2D eigenvalue weighted by Crippen LogP contribution is 2.32. The molecule has 0 radical (unpaired) electrons. The lowest BCUT2D eigenvalue weighted by Gasteiger charge is -2.28. The minimum atomic E-state index is -0.616. The monoisotopic (exact) mass is 394 g/mol. The van der Waals surface area contributed by atoms with Crippen molar-refractivity contribution in [3.05, 3.63) is 65.6 Å². The Kier molecular flexibility index (Phi) is 4.35. The van der Waals surface area contributed by atoms with Gasteiger partial charge in [0.2, 0.25) is 0 Å². The summed E-state index contributed by atoms with van der Waals surface area (Å²) in [6.07, 6.45) is 3.16. The van der Waals surface area contributed by atoms with Gasteiger partial charge in [0.05, 0.1) is 17.4 Å². The summed E-state index contributed by atoms with van der Waals surface area (Å²) in [5.74, 6) is -0.947. The summed E-state index contributed by atoms with van der Waals surface area (Å²) >= 11 is 0. The zero-order valence-electron chi connectivity index (χ0n) is 15.9. The minimum absolute atomic E-state index is 0.00155. The number of hydrogen-bond acceptors (Lipinski definition) is 5. The van der Waals surface area contributed by atoms with Crippen LogP contribution in [-0.4, -0.2) is 45.8 Å². The number of benzene rings is 1. The van der Waals surface area contributed by atoms with Crippen molar-refractivity contribution < 1.29 is 8.78 Å². The van der Waals surface area contributed by atoms with Gasteiger partial charge in [0.15, 0.2) is 5.65 Å². The molecule has 1 aliphatic heterocycles. The van der Waals surface area contributed by atoms with Gasteiger partial charge < -0.3 is 10.2 Å². The first-order valence-electron chi connectivity index (χ1n) is 9.66. The van der Waals surface area contributed by atoms with Crippen LogP contribution in [0.1, 0.15) is 24.1 Å². The number of rotatable bonds is 3. The van der Waals surface area contributed by atoms with Crippen LogP contribution in [0.3, 0.4) is 0 Å². The molecule has 0 saturated carbocycles. The van der Waals surface area contributed by atoms with Crippen molar-refractivity contribution in [1.82, 2.24) is 24.9 Å². The Morgan fingerprint density at radius 1 is 1.10 bits per heavy atom. The highest BCUT2D eigenvalue weighted by atomic mass is 19.1. The molecular weight excluding hydrogens is 374 g/mol. The first-order chi connectivity index (χ1) is 14.1. The normalized spacial score (nSPS) is 15.9. The third kappa shape index (κ3) is 3.00. The third-order valence-electron chi connectivity index (χ3n) is 5.52. The molecule has 1 fully saturated rings. The minimum Gasteiger partial charge on any atom is -0.353 e. The van der Waals surface area contributed by atoms with E-state index in [-0.39, 0.29) is 5.56 Å². The summed E-state index contributed by atoms with van der Waals surface area (Å²) < 4.78 is 31.7. The second-order valence-corrected chi connectivity index (χ2v) is 7.26. The van der Waals surface area contributed by atoms with Crippen molar-refractivity contribution >= 4 is 22.4 Å². The molecule has 8 heteroatoms. The molecule has 0 spiro atoms. The van der Waals surface area contributed by atoms with Gasteiger partial charge in [-0.1, -0.05) is 6.92 Å². The molecule has 6 nitrogen and oxygen atoms in total. The maximum atomic E-state index is 15.2. The van der Waals surface area contributed by atoms with Crippen LogP contribution in [0, 0.1) is 11.6 Å². The van der Waals surface area contributed by atoms with Crippen LogP contribution in [0.5, 0.6) is 0 Å². The summed E-state index contributed by atoms with van der Waals surface area (Å²) in [7, 11) is 0. The van der Waals surface area contributed by atoms with Crippen LogP contribution in [0.25, 0.3) is 16.6 Å². The summed E-state index contributed by atoms with van der Waals surface area (Å²) in [5.41, 5.74) is 1.59. The zero-order chi connectivity index (χ0) is 20.0. The fourth-order valence-corrected chi connectivity index (χ4v) is 3.95. The van der Waals surface area contributed by atoms with E-state index < -0.39 is 17.6 Å². The average molecular weight is 394 g/mol. The number of nitrogens with one attached hydrogen (secondary N) is 1. The first-order valence-corrected chi connectivity index (χ1v) is 9.66. The maximum Gasteiger partial charge on any atom is 0.153 e. The van der Waals surface area contributed by atoms with Crippen molar-refractivity contribution in [2.24, 2.45) is 0 Å². The molecule has 5 rings (SSSR count). The number of imidazole rings is 1. The number of hydrogen-bond donors (Lipinski definition) is 1. The lowest BCUT2D eigenvalue weighted by atomic mass is 9.95. The van der Waals surface area contributed by atoms with Crippen LogP contribution in [0.4, 0.5) is 14.6 Å². The average Bonchev–Trinajstić information content (AvgIpc) is 3.17. The quantitative estimate of drug-likeness (QED) is 0.579. The topological polar surface area (TPSA) is 58.4 Å². The van der Waals surface area contributed by atoms with Gasteiger partial charge >= 0.3 is 0 Å². The molecule has 4 heterocycles. The molecule has 29 heavy (non-hydrogen) atoms. The van der Waals surface area contributed by atoms with E-state index in [2.05, 4.69) is 20.2 Å². The number of halogens is 2. The van der Waals surface area contributed by atoms with Gasteiger partial charge in [0, 0.05) is 55.3 Å². The Bertz CT molecular complexity index is 1200. The zero-order valence-corrected chi connectivity index (χ0v) is 15.9. The second kappa shape index (κ2) is 7.04. The third-order valence-corrected chi connectivity index (χ3v) is 5.52. The van der Waals surface area contributed by atoms with Gasteiger partial charge in [-0.15, -0.1) is 5.10 Å². The molecular formula is C21H20F2N6. The van der Waals surface area contributed by atoms with Crippen molar-refractivity contribution in [3.63, 3.8) is 0 Å². The number of fused-ring (bicyclic) bond motifs is 2. The molecule has 1 N–H and O–H groups in total. The Labute approximate surface area is 166 Å². The molecule has 148 valence electrons. The van der Waals surface area contributed by atoms with Gasteiger partial charge in [-0.05, 0) is 24.3 Å². The largest absolute Gasteiger partial charge is 0.353 e. The summed E-state index contributed by atoms with van der Waals surface area (Å²) in [4.78, 5) is 10.6. The molecule has 0 aliphatic carbocycles. The molecule has 0 unspecified atom stereocenters. The van der Waals surface area contributed by atoms with Crippen LogP contribution in [-0.2, 0) is 0 Å². The van der Waals surface area contributed by atoms with Crippen molar-refractivity contribution in [2.45, 2.75) is 12.8 Å². The van der Waals surface area contributed by atoms with E-state index in [1.54, 1.807) is 29.8 Å². The Morgan fingerprint density at radius 3 is 2.76 bits per heavy atom. The summed E-state index contributed by atoms with van der Waals surface area (Å²) in [5, 5.41) is 8.34. The highest BCUT2D eigenvalue weighted by Gasteiger charge is 2.24. The Hall–Kier alpha value is -3.13. The van der Waals surface area contributed by atoms with E-state index in [4.69, 9.17) is 5.10 Å². The van der Waals surface area contributed by atoms with Crippen LogP contribution in [0.2, 0.25) is 0 Å². The lowest BCUT2D eigenvalue weighted by Crippen LogP contribution is -2.44. The van der Waals surface area contributed by atoms with Gasteiger partial charge in [-0.3, -0.25) is 4.98 Å². The number of aromatic nitrogens is 4. The summed E-state index contributed by atoms with van der Waals surface area (Å²) in [6, 6.07) is 8.37. The number of pyridine rings is 1. The van der Waals surface area contributed by atoms with E-state index >= 15 is 4.39 Å². The molecule has 1 saturated heterocycles. The van der Waals surface area contributed by atoms with Gasteiger partial charge in [-0.2, -0.15) is 0 Å². The van der Waals surface area contributed by atoms with Crippen molar-refractivity contribution in [1.29, 1.82) is 0 Å². The highest BCUT2D eigenvalue weighted by molar-refractivity contribution is 5.80. The van der Waals surface area contributed by atoms with E-state index in [9.17, 15) is 4.39 Å². The van der Waals surface area contributed by atoms with E-state index in [0.717, 1.165) is 32.0 Å². The molecule has 3 aromatic heterocycles. The predicted octanol–water partition coefficient (Wildman–Crippen LogP) is 3.12. The number of piperazine rings is 1. The SMILES string of the molecule is C[C@@H](c1c(F)cc2ncccc2c1F)c1cnc2ccc(N3CCNCC3)nn12. The van der Waals surface area contributed by atoms with Crippen molar-refractivity contribution in [3.8, 4) is 0 Å². The molecule has 4 aromatic rings. The Balaban J connectivity index is 1.61. The lowest BCUT2D eigenvalue weighted by molar-refractivity contribution is 0.550. The predicted molar refractivity (Wildman–Crippen MR) is 107 cm³/mol. The van der Waals surface area contributed by atoms with Gasteiger partial charge in [0.25, 0.3) is 0 Å². The van der Waals surface area contributed by atoms with Crippen LogP contribution in [0.15, 0.2) is 42.7 Å². The fraction of sp³-hybridized carbons (Fsp3) is 0.286. The molecule has 1 aromatic carbocycles. The molecule has 1 atom stereocenters. The second-order valence-electron chi connectivity index (χ2n) is 7.26. The summed E-state index contributed by atoms with van der Waals surface area (Å²) in [6.45, 7) is 5.28. The van der Waals surface area contributed by atoms with Crippen LogP contribution < -0.4 is 10.2 Å². The van der Waals surface area contributed by atoms with Gasteiger partial charge in [0.1, 0.15) is 17.5 Å².